The molecule has 0 aromatic heterocycles. The molecule has 2 aromatic rings. The zero-order chi connectivity index (χ0) is 16.3. The van der Waals surface area contributed by atoms with E-state index in [0.717, 1.165) is 38.5 Å². The van der Waals surface area contributed by atoms with E-state index in [2.05, 4.69) is 74.5 Å². The summed E-state index contributed by atoms with van der Waals surface area (Å²) in [6, 6.07) is 21.5. The van der Waals surface area contributed by atoms with Gasteiger partial charge in [-0.05, 0) is 49.7 Å². The fourth-order valence-electron chi connectivity index (χ4n) is 2.95. The van der Waals surface area contributed by atoms with Crippen LogP contribution >= 0.6 is 0 Å². The van der Waals surface area contributed by atoms with Crippen molar-refractivity contribution in [1.29, 1.82) is 0 Å². The van der Waals surface area contributed by atoms with E-state index in [1.54, 1.807) is 0 Å². The molecule has 2 atom stereocenters. The van der Waals surface area contributed by atoms with Crippen LogP contribution < -0.4 is 0 Å². The third-order valence-electron chi connectivity index (χ3n) is 4.49. The standard InChI is InChI=1S/C22H30O/c1-3-21(17-15-19-11-7-5-8-12-19)23-22(4-2)18-16-20-13-9-6-10-14-20/h5-14,21-22H,3-4,15-18H2,1-2H3. The summed E-state index contributed by atoms with van der Waals surface area (Å²) >= 11 is 0. The van der Waals surface area contributed by atoms with Crippen molar-refractivity contribution in [3.63, 3.8) is 0 Å². The predicted molar refractivity (Wildman–Crippen MR) is 98.8 cm³/mol. The first-order valence-corrected chi connectivity index (χ1v) is 9.05. The molecular formula is C22H30O. The van der Waals surface area contributed by atoms with E-state index < -0.39 is 0 Å². The first-order valence-electron chi connectivity index (χ1n) is 9.05. The van der Waals surface area contributed by atoms with Gasteiger partial charge in [-0.25, -0.2) is 0 Å². The fraction of sp³-hybridized carbons (Fsp3) is 0.455. The summed E-state index contributed by atoms with van der Waals surface area (Å²) in [5.74, 6) is 0. The van der Waals surface area contributed by atoms with Gasteiger partial charge >= 0.3 is 0 Å². The van der Waals surface area contributed by atoms with Crippen molar-refractivity contribution in [1.82, 2.24) is 0 Å². The highest BCUT2D eigenvalue weighted by Gasteiger charge is 2.14. The second-order valence-corrected chi connectivity index (χ2v) is 6.25. The van der Waals surface area contributed by atoms with Crippen molar-refractivity contribution in [2.75, 3.05) is 0 Å². The van der Waals surface area contributed by atoms with Gasteiger partial charge in [-0.2, -0.15) is 0 Å². The zero-order valence-electron chi connectivity index (χ0n) is 14.6. The van der Waals surface area contributed by atoms with Crippen LogP contribution in [0.4, 0.5) is 0 Å². The zero-order valence-corrected chi connectivity index (χ0v) is 14.6. The average Bonchev–Trinajstić information content (AvgIpc) is 2.63. The van der Waals surface area contributed by atoms with Crippen LogP contribution in [0.1, 0.15) is 50.7 Å². The van der Waals surface area contributed by atoms with Crippen LogP contribution in [-0.2, 0) is 17.6 Å². The lowest BCUT2D eigenvalue weighted by atomic mass is 10.0. The SMILES string of the molecule is CCC(CCc1ccccc1)OC(CC)CCc1ccccc1. The first kappa shape index (κ1) is 17.7. The first-order chi connectivity index (χ1) is 11.3. The van der Waals surface area contributed by atoms with Crippen molar-refractivity contribution >= 4 is 0 Å². The lowest BCUT2D eigenvalue weighted by Gasteiger charge is -2.23. The maximum Gasteiger partial charge on any atom is 0.0579 e. The number of hydrogen-bond acceptors (Lipinski definition) is 1. The minimum atomic E-state index is 0.371. The Morgan fingerprint density at radius 1 is 0.652 bits per heavy atom. The summed E-state index contributed by atoms with van der Waals surface area (Å²) in [5, 5.41) is 0. The number of rotatable bonds is 10. The van der Waals surface area contributed by atoms with Crippen molar-refractivity contribution in [2.45, 2.75) is 64.6 Å². The van der Waals surface area contributed by atoms with Crippen LogP contribution in [0.15, 0.2) is 60.7 Å². The molecule has 0 spiro atoms. The summed E-state index contributed by atoms with van der Waals surface area (Å²) in [5.41, 5.74) is 2.82. The van der Waals surface area contributed by atoms with Crippen LogP contribution in [0.5, 0.6) is 0 Å². The van der Waals surface area contributed by atoms with E-state index in [1.165, 1.54) is 11.1 Å². The molecule has 0 bridgehead atoms. The van der Waals surface area contributed by atoms with Gasteiger partial charge in [0.2, 0.25) is 0 Å². The van der Waals surface area contributed by atoms with E-state index in [-0.39, 0.29) is 0 Å². The van der Waals surface area contributed by atoms with Crippen molar-refractivity contribution in [3.05, 3.63) is 71.8 Å². The number of benzene rings is 2. The Bertz CT molecular complexity index is 471. The number of ether oxygens (including phenoxy) is 1. The van der Waals surface area contributed by atoms with E-state index in [9.17, 15) is 0 Å². The predicted octanol–water partition coefficient (Wildman–Crippen LogP) is 5.83. The molecule has 0 aliphatic rings. The Kier molecular flexibility index (Phi) is 7.89. The Balaban J connectivity index is 1.78. The van der Waals surface area contributed by atoms with Gasteiger partial charge < -0.3 is 4.74 Å². The van der Waals surface area contributed by atoms with Gasteiger partial charge in [-0.15, -0.1) is 0 Å². The molecule has 2 rings (SSSR count). The molecule has 0 fully saturated rings. The quantitative estimate of drug-likeness (QED) is 0.537. The van der Waals surface area contributed by atoms with Crippen LogP contribution in [0.25, 0.3) is 0 Å². The molecule has 0 heterocycles. The van der Waals surface area contributed by atoms with Gasteiger partial charge in [0.15, 0.2) is 0 Å². The maximum atomic E-state index is 6.39. The molecule has 23 heavy (non-hydrogen) atoms. The molecule has 2 unspecified atom stereocenters. The van der Waals surface area contributed by atoms with Gasteiger partial charge in [-0.3, -0.25) is 0 Å². The summed E-state index contributed by atoms with van der Waals surface area (Å²) < 4.78 is 6.39. The maximum absolute atomic E-state index is 6.39. The molecule has 0 radical (unpaired) electrons. The summed E-state index contributed by atoms with van der Waals surface area (Å²) in [4.78, 5) is 0. The highest BCUT2D eigenvalue weighted by atomic mass is 16.5. The number of hydrogen-bond donors (Lipinski definition) is 0. The minimum Gasteiger partial charge on any atom is -0.375 e. The Morgan fingerprint density at radius 3 is 1.39 bits per heavy atom. The lowest BCUT2D eigenvalue weighted by molar-refractivity contribution is -0.0232. The van der Waals surface area contributed by atoms with Gasteiger partial charge in [0, 0.05) is 0 Å². The Hall–Kier alpha value is -1.60. The third kappa shape index (κ3) is 6.58. The van der Waals surface area contributed by atoms with E-state index in [0.29, 0.717) is 12.2 Å². The van der Waals surface area contributed by atoms with Gasteiger partial charge in [0.1, 0.15) is 0 Å². The van der Waals surface area contributed by atoms with Gasteiger partial charge in [0.25, 0.3) is 0 Å². The van der Waals surface area contributed by atoms with Crippen molar-refractivity contribution in [2.24, 2.45) is 0 Å². The summed E-state index contributed by atoms with van der Waals surface area (Å²) in [7, 11) is 0. The molecule has 0 saturated carbocycles. The second kappa shape index (κ2) is 10.2. The monoisotopic (exact) mass is 310 g/mol. The molecule has 0 aliphatic carbocycles. The van der Waals surface area contributed by atoms with Crippen molar-refractivity contribution in [3.8, 4) is 0 Å². The smallest absolute Gasteiger partial charge is 0.0579 e. The largest absolute Gasteiger partial charge is 0.375 e. The van der Waals surface area contributed by atoms with Gasteiger partial charge in [-0.1, -0.05) is 74.5 Å². The number of aryl methyl sites for hydroxylation is 2. The molecule has 0 aliphatic heterocycles. The molecule has 0 amide bonds. The third-order valence-corrected chi connectivity index (χ3v) is 4.49. The molecule has 1 heteroatoms. The normalized spacial score (nSPS) is 13.7. The lowest BCUT2D eigenvalue weighted by Crippen LogP contribution is -2.22. The average molecular weight is 310 g/mol. The van der Waals surface area contributed by atoms with Crippen LogP contribution in [0.2, 0.25) is 0 Å². The topological polar surface area (TPSA) is 9.23 Å². The molecule has 0 N–H and O–H groups in total. The van der Waals surface area contributed by atoms with Crippen LogP contribution in [0.3, 0.4) is 0 Å². The van der Waals surface area contributed by atoms with E-state index in [4.69, 9.17) is 4.74 Å². The van der Waals surface area contributed by atoms with Crippen molar-refractivity contribution < 1.29 is 4.74 Å². The Morgan fingerprint density at radius 2 is 1.04 bits per heavy atom. The molecule has 2 aromatic carbocycles. The highest BCUT2D eigenvalue weighted by Crippen LogP contribution is 2.17. The fourth-order valence-corrected chi connectivity index (χ4v) is 2.95. The summed E-state index contributed by atoms with van der Waals surface area (Å²) in [6.45, 7) is 4.47. The molecular weight excluding hydrogens is 280 g/mol. The second-order valence-electron chi connectivity index (χ2n) is 6.25. The van der Waals surface area contributed by atoms with Gasteiger partial charge in [0.05, 0.1) is 12.2 Å². The van der Waals surface area contributed by atoms with E-state index >= 15 is 0 Å². The summed E-state index contributed by atoms with van der Waals surface area (Å²) in [6.07, 6.45) is 7.36. The molecule has 1 nitrogen and oxygen atoms in total. The minimum absolute atomic E-state index is 0.371. The molecule has 124 valence electrons. The Labute approximate surface area is 141 Å². The van der Waals surface area contributed by atoms with E-state index in [1.807, 2.05) is 0 Å². The molecule has 0 saturated heterocycles. The van der Waals surface area contributed by atoms with Crippen LogP contribution in [-0.4, -0.2) is 12.2 Å². The highest BCUT2D eigenvalue weighted by molar-refractivity contribution is 5.15. The van der Waals surface area contributed by atoms with Crippen LogP contribution in [0, 0.1) is 0 Å².